The summed E-state index contributed by atoms with van der Waals surface area (Å²) in [7, 11) is 0. The third-order valence-electron chi connectivity index (χ3n) is 3.74. The Bertz CT molecular complexity index is 671. The molecule has 22 heavy (non-hydrogen) atoms. The van der Waals surface area contributed by atoms with Crippen LogP contribution in [0.4, 0.5) is 13.2 Å². The van der Waals surface area contributed by atoms with E-state index in [9.17, 15) is 13.2 Å². The summed E-state index contributed by atoms with van der Waals surface area (Å²) in [4.78, 5) is 2.87. The molecule has 0 bridgehead atoms. The van der Waals surface area contributed by atoms with E-state index in [-0.39, 0.29) is 5.56 Å². The maximum atomic E-state index is 14.3. The van der Waals surface area contributed by atoms with Crippen molar-refractivity contribution >= 4 is 22.9 Å². The molecule has 0 aliphatic carbocycles. The normalized spacial score (nSPS) is 17.6. The van der Waals surface area contributed by atoms with Crippen molar-refractivity contribution in [1.82, 2.24) is 10.2 Å². The average Bonchev–Trinajstić information content (AvgIpc) is 2.95. The van der Waals surface area contributed by atoms with Crippen molar-refractivity contribution in [2.75, 3.05) is 26.2 Å². The monoisotopic (exact) mass is 346 g/mol. The average molecular weight is 347 g/mol. The Balaban J connectivity index is 2.07. The second-order valence-electron chi connectivity index (χ2n) is 5.09. The summed E-state index contributed by atoms with van der Waals surface area (Å²) in [5, 5.41) is 3.22. The molecule has 7 heteroatoms. The zero-order valence-corrected chi connectivity index (χ0v) is 13.2. The molecule has 0 spiro atoms. The van der Waals surface area contributed by atoms with Crippen LogP contribution in [0.25, 0.3) is 0 Å². The first kappa shape index (κ1) is 15.8. The van der Waals surface area contributed by atoms with Gasteiger partial charge in [0.1, 0.15) is 0 Å². The van der Waals surface area contributed by atoms with Gasteiger partial charge in [-0.2, -0.15) is 0 Å². The summed E-state index contributed by atoms with van der Waals surface area (Å²) in [6.45, 7) is 2.92. The van der Waals surface area contributed by atoms with Gasteiger partial charge in [-0.3, -0.25) is 4.90 Å². The van der Waals surface area contributed by atoms with Gasteiger partial charge < -0.3 is 5.32 Å². The van der Waals surface area contributed by atoms with Gasteiger partial charge in [0.2, 0.25) is 0 Å². The highest BCUT2D eigenvalue weighted by atomic mass is 35.5. The number of halogens is 4. The fraction of sp³-hybridized carbons (Fsp3) is 0.333. The SMILES string of the molecule is Fc1ccc([C@@H](c2ccc(Cl)s2)N2CCNCC2)c(F)c1F. The molecule has 1 aromatic carbocycles. The van der Waals surface area contributed by atoms with Gasteiger partial charge in [-0.15, -0.1) is 11.3 Å². The molecule has 1 fully saturated rings. The molecule has 0 radical (unpaired) electrons. The Morgan fingerprint density at radius 1 is 1.05 bits per heavy atom. The van der Waals surface area contributed by atoms with Crippen molar-refractivity contribution in [3.63, 3.8) is 0 Å². The van der Waals surface area contributed by atoms with Gasteiger partial charge in [0.25, 0.3) is 0 Å². The van der Waals surface area contributed by atoms with Crippen LogP contribution in [0, 0.1) is 17.5 Å². The van der Waals surface area contributed by atoms with E-state index < -0.39 is 23.5 Å². The molecule has 1 atom stereocenters. The Morgan fingerprint density at radius 2 is 1.77 bits per heavy atom. The van der Waals surface area contributed by atoms with Crippen LogP contribution in [-0.4, -0.2) is 31.1 Å². The predicted molar refractivity (Wildman–Crippen MR) is 81.9 cm³/mol. The number of hydrogen-bond acceptors (Lipinski definition) is 3. The Hall–Kier alpha value is -1.08. The van der Waals surface area contributed by atoms with Gasteiger partial charge >= 0.3 is 0 Å². The number of thiophene rings is 1. The van der Waals surface area contributed by atoms with E-state index in [0.717, 1.165) is 24.0 Å². The molecule has 0 amide bonds. The van der Waals surface area contributed by atoms with Crippen LogP contribution < -0.4 is 5.32 Å². The first-order valence-electron chi connectivity index (χ1n) is 6.91. The van der Waals surface area contributed by atoms with Crippen LogP contribution in [0.1, 0.15) is 16.5 Å². The Kier molecular flexibility index (Phi) is 4.73. The lowest BCUT2D eigenvalue weighted by molar-refractivity contribution is 0.196. The van der Waals surface area contributed by atoms with E-state index in [1.54, 1.807) is 12.1 Å². The lowest BCUT2D eigenvalue weighted by Gasteiger charge is -2.34. The van der Waals surface area contributed by atoms with E-state index in [4.69, 9.17) is 11.6 Å². The molecule has 1 aromatic heterocycles. The molecule has 0 saturated carbocycles. The minimum absolute atomic E-state index is 0.138. The molecule has 1 saturated heterocycles. The molecule has 0 unspecified atom stereocenters. The quantitative estimate of drug-likeness (QED) is 0.850. The minimum atomic E-state index is -1.43. The predicted octanol–water partition coefficient (Wildman–Crippen LogP) is 3.81. The van der Waals surface area contributed by atoms with Crippen molar-refractivity contribution in [3.05, 3.63) is 56.5 Å². The van der Waals surface area contributed by atoms with Gasteiger partial charge in [-0.1, -0.05) is 17.7 Å². The van der Waals surface area contributed by atoms with E-state index in [1.165, 1.54) is 17.4 Å². The molecular formula is C15H14ClF3N2S. The van der Waals surface area contributed by atoms with Gasteiger partial charge in [0.15, 0.2) is 17.5 Å². The standard InChI is InChI=1S/C15H14ClF3N2S/c16-12-4-3-11(22-12)15(21-7-5-20-6-8-21)9-1-2-10(17)14(19)13(9)18/h1-4,15,20H,5-8H2/t15-/m0/s1. The minimum Gasteiger partial charge on any atom is -0.314 e. The molecule has 2 aromatic rings. The fourth-order valence-electron chi connectivity index (χ4n) is 2.70. The second kappa shape index (κ2) is 6.58. The number of nitrogens with zero attached hydrogens (tertiary/aromatic N) is 1. The maximum absolute atomic E-state index is 14.3. The molecule has 1 aliphatic heterocycles. The number of benzene rings is 1. The lowest BCUT2D eigenvalue weighted by Crippen LogP contribution is -2.45. The molecule has 2 heterocycles. The Morgan fingerprint density at radius 3 is 2.41 bits per heavy atom. The van der Waals surface area contributed by atoms with E-state index in [1.807, 2.05) is 0 Å². The van der Waals surface area contributed by atoms with E-state index in [2.05, 4.69) is 10.2 Å². The summed E-state index contributed by atoms with van der Waals surface area (Å²) < 4.78 is 41.7. The molecule has 2 nitrogen and oxygen atoms in total. The van der Waals surface area contributed by atoms with Crippen LogP contribution in [0.2, 0.25) is 4.34 Å². The Labute approximate surface area is 135 Å². The van der Waals surface area contributed by atoms with E-state index >= 15 is 0 Å². The van der Waals surface area contributed by atoms with Crippen molar-refractivity contribution in [1.29, 1.82) is 0 Å². The number of nitrogens with one attached hydrogen (secondary N) is 1. The molecule has 3 rings (SSSR count). The highest BCUT2D eigenvalue weighted by Gasteiger charge is 2.29. The first-order chi connectivity index (χ1) is 10.6. The summed E-state index contributed by atoms with van der Waals surface area (Å²) in [6.07, 6.45) is 0. The third kappa shape index (κ3) is 3.01. The van der Waals surface area contributed by atoms with Gasteiger partial charge in [-0.05, 0) is 18.2 Å². The first-order valence-corrected chi connectivity index (χ1v) is 8.11. The number of rotatable bonds is 3. The summed E-state index contributed by atoms with van der Waals surface area (Å²) in [5.74, 6) is -3.74. The highest BCUT2D eigenvalue weighted by Crippen LogP contribution is 2.37. The van der Waals surface area contributed by atoms with Gasteiger partial charge in [-0.25, -0.2) is 13.2 Å². The largest absolute Gasteiger partial charge is 0.314 e. The maximum Gasteiger partial charge on any atom is 0.194 e. The second-order valence-corrected chi connectivity index (χ2v) is 6.84. The summed E-state index contributed by atoms with van der Waals surface area (Å²) in [5.41, 5.74) is 0.138. The van der Waals surface area contributed by atoms with Gasteiger partial charge in [0, 0.05) is 36.6 Å². The van der Waals surface area contributed by atoms with E-state index in [0.29, 0.717) is 17.4 Å². The van der Waals surface area contributed by atoms with Gasteiger partial charge in [0.05, 0.1) is 10.4 Å². The molecule has 1 aliphatic rings. The molecule has 1 N–H and O–H groups in total. The van der Waals surface area contributed by atoms with Crippen LogP contribution in [0.15, 0.2) is 24.3 Å². The summed E-state index contributed by atoms with van der Waals surface area (Å²) in [6, 6.07) is 5.36. The lowest BCUT2D eigenvalue weighted by atomic mass is 10.0. The highest BCUT2D eigenvalue weighted by molar-refractivity contribution is 7.16. The molecule has 118 valence electrons. The smallest absolute Gasteiger partial charge is 0.194 e. The summed E-state index contributed by atoms with van der Waals surface area (Å²) >= 11 is 7.31. The third-order valence-corrected chi connectivity index (χ3v) is 5.02. The topological polar surface area (TPSA) is 15.3 Å². The van der Waals surface area contributed by atoms with Crippen LogP contribution in [-0.2, 0) is 0 Å². The van der Waals surface area contributed by atoms with Crippen LogP contribution >= 0.6 is 22.9 Å². The fourth-order valence-corrected chi connectivity index (χ4v) is 3.91. The van der Waals surface area contributed by atoms with Crippen molar-refractivity contribution in [2.24, 2.45) is 0 Å². The number of hydrogen-bond donors (Lipinski definition) is 1. The zero-order chi connectivity index (χ0) is 15.7. The zero-order valence-electron chi connectivity index (χ0n) is 11.6. The van der Waals surface area contributed by atoms with Crippen LogP contribution in [0.3, 0.4) is 0 Å². The number of piperazine rings is 1. The molecular weight excluding hydrogens is 333 g/mol. The van der Waals surface area contributed by atoms with Crippen molar-refractivity contribution in [2.45, 2.75) is 6.04 Å². The van der Waals surface area contributed by atoms with Crippen molar-refractivity contribution in [3.8, 4) is 0 Å². The van der Waals surface area contributed by atoms with Crippen molar-refractivity contribution < 1.29 is 13.2 Å². The van der Waals surface area contributed by atoms with Crippen LogP contribution in [0.5, 0.6) is 0 Å².